The van der Waals surface area contributed by atoms with Crippen LogP contribution in [0.3, 0.4) is 0 Å². The van der Waals surface area contributed by atoms with E-state index in [1.54, 1.807) is 0 Å². The number of nitriles is 1. The maximum Gasteiger partial charge on any atom is 0.240 e. The second-order valence-corrected chi connectivity index (χ2v) is 5.15. The largest absolute Gasteiger partial charge is 0.394 e. The summed E-state index contributed by atoms with van der Waals surface area (Å²) in [6.45, 7) is -0.0136. The SMILES string of the molecule is N#CC1(C(=O)NC2(CO)CCC2)CCCC1. The molecule has 16 heavy (non-hydrogen) atoms. The Morgan fingerprint density at radius 3 is 2.25 bits per heavy atom. The van der Waals surface area contributed by atoms with E-state index in [0.717, 1.165) is 32.1 Å². The number of carbonyl (C=O) groups is 1. The Hall–Kier alpha value is -1.08. The number of hydrogen-bond donors (Lipinski definition) is 2. The van der Waals surface area contributed by atoms with Crippen LogP contribution in [0.15, 0.2) is 0 Å². The van der Waals surface area contributed by atoms with E-state index in [9.17, 15) is 15.2 Å². The van der Waals surface area contributed by atoms with Crippen LogP contribution >= 0.6 is 0 Å². The summed E-state index contributed by atoms with van der Waals surface area (Å²) < 4.78 is 0. The van der Waals surface area contributed by atoms with Crippen LogP contribution < -0.4 is 5.32 Å². The third-order valence-corrected chi connectivity index (χ3v) is 4.10. The van der Waals surface area contributed by atoms with E-state index in [1.165, 1.54) is 0 Å². The Morgan fingerprint density at radius 2 is 1.88 bits per heavy atom. The molecule has 0 aromatic rings. The molecule has 0 aromatic carbocycles. The summed E-state index contributed by atoms with van der Waals surface area (Å²) in [6, 6.07) is 2.18. The highest BCUT2D eigenvalue weighted by Gasteiger charge is 2.46. The lowest BCUT2D eigenvalue weighted by atomic mass is 9.76. The fourth-order valence-corrected chi connectivity index (χ4v) is 2.65. The molecule has 0 atom stereocenters. The van der Waals surface area contributed by atoms with E-state index in [2.05, 4.69) is 11.4 Å². The fourth-order valence-electron chi connectivity index (χ4n) is 2.65. The Morgan fingerprint density at radius 1 is 1.25 bits per heavy atom. The Kier molecular flexibility index (Phi) is 2.90. The normalized spacial score (nSPS) is 25.5. The monoisotopic (exact) mass is 222 g/mol. The van der Waals surface area contributed by atoms with Crippen molar-refractivity contribution in [2.24, 2.45) is 5.41 Å². The Balaban J connectivity index is 2.04. The van der Waals surface area contributed by atoms with Gasteiger partial charge in [-0.3, -0.25) is 4.79 Å². The van der Waals surface area contributed by atoms with Crippen LogP contribution in [0.25, 0.3) is 0 Å². The molecular weight excluding hydrogens is 204 g/mol. The molecule has 0 bridgehead atoms. The van der Waals surface area contributed by atoms with Crippen molar-refractivity contribution in [3.05, 3.63) is 0 Å². The van der Waals surface area contributed by atoms with Crippen molar-refractivity contribution < 1.29 is 9.90 Å². The topological polar surface area (TPSA) is 73.1 Å². The molecule has 2 aliphatic carbocycles. The first-order valence-electron chi connectivity index (χ1n) is 6.01. The van der Waals surface area contributed by atoms with Crippen LogP contribution in [-0.2, 0) is 4.79 Å². The minimum Gasteiger partial charge on any atom is -0.394 e. The van der Waals surface area contributed by atoms with Crippen molar-refractivity contribution >= 4 is 5.91 Å². The van der Waals surface area contributed by atoms with Gasteiger partial charge in [0, 0.05) is 0 Å². The van der Waals surface area contributed by atoms with Crippen molar-refractivity contribution in [2.45, 2.75) is 50.5 Å². The van der Waals surface area contributed by atoms with Gasteiger partial charge in [0.1, 0.15) is 5.41 Å². The van der Waals surface area contributed by atoms with Gasteiger partial charge in [-0.05, 0) is 32.1 Å². The van der Waals surface area contributed by atoms with Crippen molar-refractivity contribution in [3.63, 3.8) is 0 Å². The molecule has 0 aromatic heterocycles. The summed E-state index contributed by atoms with van der Waals surface area (Å²) >= 11 is 0. The number of nitrogens with zero attached hydrogens (tertiary/aromatic N) is 1. The summed E-state index contributed by atoms with van der Waals surface area (Å²) in [4.78, 5) is 12.1. The van der Waals surface area contributed by atoms with Gasteiger partial charge >= 0.3 is 0 Å². The van der Waals surface area contributed by atoms with E-state index < -0.39 is 11.0 Å². The molecule has 88 valence electrons. The lowest BCUT2D eigenvalue weighted by molar-refractivity contribution is -0.132. The molecule has 0 radical (unpaired) electrons. The second-order valence-electron chi connectivity index (χ2n) is 5.15. The third-order valence-electron chi connectivity index (χ3n) is 4.10. The number of aliphatic hydroxyl groups is 1. The van der Waals surface area contributed by atoms with Gasteiger partial charge in [0.15, 0.2) is 0 Å². The van der Waals surface area contributed by atoms with E-state index in [1.807, 2.05) is 0 Å². The molecule has 2 fully saturated rings. The maximum absolute atomic E-state index is 12.1. The molecule has 0 saturated heterocycles. The minimum atomic E-state index is -0.822. The third kappa shape index (κ3) is 1.69. The molecule has 2 rings (SSSR count). The summed E-state index contributed by atoms with van der Waals surface area (Å²) in [6.07, 6.45) is 5.93. The van der Waals surface area contributed by atoms with Gasteiger partial charge < -0.3 is 10.4 Å². The molecule has 0 spiro atoms. The summed E-state index contributed by atoms with van der Waals surface area (Å²) in [7, 11) is 0. The predicted octanol–water partition coefficient (Wildman–Crippen LogP) is 1.10. The zero-order chi connectivity index (χ0) is 11.6. The van der Waals surface area contributed by atoms with E-state index in [-0.39, 0.29) is 12.5 Å². The first kappa shape index (κ1) is 11.4. The van der Waals surface area contributed by atoms with Crippen molar-refractivity contribution in [2.75, 3.05) is 6.61 Å². The highest BCUT2D eigenvalue weighted by molar-refractivity contribution is 5.86. The van der Waals surface area contributed by atoms with Crippen LogP contribution in [-0.4, -0.2) is 23.2 Å². The Labute approximate surface area is 95.6 Å². The van der Waals surface area contributed by atoms with E-state index in [4.69, 9.17) is 0 Å². The van der Waals surface area contributed by atoms with E-state index in [0.29, 0.717) is 12.8 Å². The van der Waals surface area contributed by atoms with Crippen molar-refractivity contribution in [3.8, 4) is 6.07 Å². The molecule has 0 aliphatic heterocycles. The van der Waals surface area contributed by atoms with Crippen LogP contribution in [0, 0.1) is 16.7 Å². The molecule has 4 heteroatoms. The van der Waals surface area contributed by atoms with Gasteiger partial charge in [0.2, 0.25) is 5.91 Å². The molecule has 2 aliphatic rings. The van der Waals surface area contributed by atoms with Gasteiger partial charge in [-0.2, -0.15) is 5.26 Å². The van der Waals surface area contributed by atoms with E-state index >= 15 is 0 Å². The molecule has 1 amide bonds. The maximum atomic E-state index is 12.1. The lowest BCUT2D eigenvalue weighted by Crippen LogP contribution is -2.59. The summed E-state index contributed by atoms with van der Waals surface area (Å²) in [5.41, 5.74) is -1.25. The molecule has 4 nitrogen and oxygen atoms in total. The quantitative estimate of drug-likeness (QED) is 0.751. The van der Waals surface area contributed by atoms with Gasteiger partial charge in [0.05, 0.1) is 18.2 Å². The highest BCUT2D eigenvalue weighted by atomic mass is 16.3. The van der Waals surface area contributed by atoms with Gasteiger partial charge in [-0.25, -0.2) is 0 Å². The molecule has 2 N–H and O–H groups in total. The fraction of sp³-hybridized carbons (Fsp3) is 0.833. The van der Waals surface area contributed by atoms with Crippen LogP contribution in [0.5, 0.6) is 0 Å². The van der Waals surface area contributed by atoms with Gasteiger partial charge in [-0.15, -0.1) is 0 Å². The average molecular weight is 222 g/mol. The number of aliphatic hydroxyl groups excluding tert-OH is 1. The van der Waals surface area contributed by atoms with Crippen LogP contribution in [0.4, 0.5) is 0 Å². The number of rotatable bonds is 3. The summed E-state index contributed by atoms with van der Waals surface area (Å²) in [5, 5.41) is 21.4. The lowest BCUT2D eigenvalue weighted by Gasteiger charge is -2.42. The zero-order valence-electron chi connectivity index (χ0n) is 9.46. The minimum absolute atomic E-state index is 0.0136. The first-order valence-corrected chi connectivity index (χ1v) is 6.01. The van der Waals surface area contributed by atoms with Crippen LogP contribution in [0.2, 0.25) is 0 Å². The number of carbonyl (C=O) groups excluding carboxylic acids is 1. The number of amides is 1. The molecule has 0 unspecified atom stereocenters. The van der Waals surface area contributed by atoms with Crippen molar-refractivity contribution in [1.29, 1.82) is 5.26 Å². The average Bonchev–Trinajstić information content (AvgIpc) is 2.73. The molecule has 0 heterocycles. The number of hydrogen-bond acceptors (Lipinski definition) is 3. The standard InChI is InChI=1S/C12H18N2O2/c13-8-11(4-1-2-5-11)10(16)14-12(9-15)6-3-7-12/h15H,1-7,9H2,(H,14,16). The zero-order valence-corrected chi connectivity index (χ0v) is 9.46. The van der Waals surface area contributed by atoms with Crippen molar-refractivity contribution in [1.82, 2.24) is 5.32 Å². The van der Waals surface area contributed by atoms with Gasteiger partial charge in [0.25, 0.3) is 0 Å². The molecule has 2 saturated carbocycles. The number of nitrogens with one attached hydrogen (secondary N) is 1. The second kappa shape index (κ2) is 4.06. The smallest absolute Gasteiger partial charge is 0.240 e. The summed E-state index contributed by atoms with van der Waals surface area (Å²) in [5.74, 6) is -0.166. The van der Waals surface area contributed by atoms with Crippen LogP contribution in [0.1, 0.15) is 44.9 Å². The van der Waals surface area contributed by atoms with Gasteiger partial charge in [-0.1, -0.05) is 12.8 Å². The molecular formula is C12H18N2O2. The Bertz CT molecular complexity index is 317. The highest BCUT2D eigenvalue weighted by Crippen LogP contribution is 2.39. The first-order chi connectivity index (χ1) is 7.66. The predicted molar refractivity (Wildman–Crippen MR) is 58.3 cm³/mol.